The Balaban J connectivity index is 1.66. The number of nitrogens with zero attached hydrogens (tertiary/aromatic N) is 1. The van der Waals surface area contributed by atoms with Crippen molar-refractivity contribution in [3.63, 3.8) is 0 Å². The minimum atomic E-state index is -0.668. The van der Waals surface area contributed by atoms with E-state index in [0.29, 0.717) is 11.4 Å². The number of benzene rings is 2. The molecule has 0 aliphatic carbocycles. The highest BCUT2D eigenvalue weighted by atomic mass is 19.1. The molecule has 0 N–H and O–H groups in total. The standard InChI is InChI=1S/C19H17F2NO4/c1-25-19(24)12-9-18(23)22(10-12)13-5-7-14(8-6-13)26-11-15-16(20)3-2-4-17(15)21/h2-8,12H,9-11H2,1H3/t12-/m1/s1. The maximum Gasteiger partial charge on any atom is 0.311 e. The maximum absolute atomic E-state index is 13.6. The molecule has 1 aliphatic heterocycles. The lowest BCUT2D eigenvalue weighted by atomic mass is 10.1. The quantitative estimate of drug-likeness (QED) is 0.768. The van der Waals surface area contributed by atoms with Gasteiger partial charge >= 0.3 is 5.97 Å². The molecule has 1 amide bonds. The van der Waals surface area contributed by atoms with Crippen LogP contribution in [-0.2, 0) is 20.9 Å². The van der Waals surface area contributed by atoms with Gasteiger partial charge in [0, 0.05) is 18.7 Å². The lowest BCUT2D eigenvalue weighted by Crippen LogP contribution is -2.26. The Labute approximate surface area is 149 Å². The number of esters is 1. The zero-order chi connectivity index (χ0) is 18.7. The average Bonchev–Trinajstić information content (AvgIpc) is 3.03. The van der Waals surface area contributed by atoms with Crippen LogP contribution in [-0.4, -0.2) is 25.5 Å². The summed E-state index contributed by atoms with van der Waals surface area (Å²) in [5.41, 5.74) is 0.470. The highest BCUT2D eigenvalue weighted by Gasteiger charge is 2.35. The van der Waals surface area contributed by atoms with Gasteiger partial charge in [-0.2, -0.15) is 0 Å². The number of anilines is 1. The van der Waals surface area contributed by atoms with Crippen molar-refractivity contribution in [2.45, 2.75) is 13.0 Å². The first kappa shape index (κ1) is 17.8. The number of methoxy groups -OCH3 is 1. The highest BCUT2D eigenvalue weighted by molar-refractivity contribution is 5.99. The molecular formula is C19H17F2NO4. The molecule has 3 rings (SSSR count). The summed E-state index contributed by atoms with van der Waals surface area (Å²) in [4.78, 5) is 25.2. The predicted octanol–water partition coefficient (Wildman–Crippen LogP) is 3.07. The van der Waals surface area contributed by atoms with Gasteiger partial charge in [-0.05, 0) is 36.4 Å². The van der Waals surface area contributed by atoms with Crippen LogP contribution in [0.15, 0.2) is 42.5 Å². The first-order valence-electron chi connectivity index (χ1n) is 8.03. The average molecular weight is 361 g/mol. The second-order valence-corrected chi connectivity index (χ2v) is 5.91. The summed E-state index contributed by atoms with van der Waals surface area (Å²) in [5.74, 6) is -1.98. The van der Waals surface area contributed by atoms with E-state index < -0.39 is 23.5 Å². The van der Waals surface area contributed by atoms with Crippen molar-refractivity contribution in [2.24, 2.45) is 5.92 Å². The van der Waals surface area contributed by atoms with E-state index in [4.69, 9.17) is 4.74 Å². The van der Waals surface area contributed by atoms with Crippen molar-refractivity contribution >= 4 is 17.6 Å². The minimum Gasteiger partial charge on any atom is -0.489 e. The molecule has 0 aromatic heterocycles. The molecule has 26 heavy (non-hydrogen) atoms. The van der Waals surface area contributed by atoms with Gasteiger partial charge in [0.15, 0.2) is 0 Å². The Morgan fingerprint density at radius 1 is 1.15 bits per heavy atom. The van der Waals surface area contributed by atoms with Crippen LogP contribution in [0.25, 0.3) is 0 Å². The first-order chi connectivity index (χ1) is 12.5. The first-order valence-corrected chi connectivity index (χ1v) is 8.03. The summed E-state index contributed by atoms with van der Waals surface area (Å²) in [5, 5.41) is 0. The number of amides is 1. The van der Waals surface area contributed by atoms with E-state index in [1.54, 1.807) is 24.3 Å². The van der Waals surface area contributed by atoms with Crippen LogP contribution >= 0.6 is 0 Å². The largest absolute Gasteiger partial charge is 0.489 e. The molecule has 0 unspecified atom stereocenters. The topological polar surface area (TPSA) is 55.8 Å². The summed E-state index contributed by atoms with van der Waals surface area (Å²) in [6, 6.07) is 10.1. The fourth-order valence-corrected chi connectivity index (χ4v) is 2.83. The normalized spacial score (nSPS) is 16.7. The summed E-state index contributed by atoms with van der Waals surface area (Å²) in [6.07, 6.45) is 0.109. The molecule has 0 bridgehead atoms. The fraction of sp³-hybridized carbons (Fsp3) is 0.263. The van der Waals surface area contributed by atoms with Crippen molar-refractivity contribution in [3.05, 3.63) is 59.7 Å². The third kappa shape index (κ3) is 3.66. The van der Waals surface area contributed by atoms with Gasteiger partial charge in [0.25, 0.3) is 0 Å². The van der Waals surface area contributed by atoms with Crippen LogP contribution in [0.1, 0.15) is 12.0 Å². The molecule has 2 aromatic rings. The van der Waals surface area contributed by atoms with Gasteiger partial charge in [-0.3, -0.25) is 9.59 Å². The van der Waals surface area contributed by atoms with Crippen LogP contribution in [0.5, 0.6) is 5.75 Å². The predicted molar refractivity (Wildman–Crippen MR) is 89.6 cm³/mol. The third-order valence-corrected chi connectivity index (χ3v) is 4.25. The van der Waals surface area contributed by atoms with E-state index in [0.717, 1.165) is 0 Å². The Morgan fingerprint density at radius 3 is 2.42 bits per heavy atom. The molecular weight excluding hydrogens is 344 g/mol. The number of halogens is 2. The van der Waals surface area contributed by atoms with E-state index in [-0.39, 0.29) is 31.0 Å². The molecule has 1 aliphatic rings. The molecule has 1 fully saturated rings. The smallest absolute Gasteiger partial charge is 0.311 e. The van der Waals surface area contributed by atoms with Gasteiger partial charge in [0.05, 0.1) is 18.6 Å². The van der Waals surface area contributed by atoms with Gasteiger partial charge in [-0.25, -0.2) is 8.78 Å². The van der Waals surface area contributed by atoms with Crippen LogP contribution < -0.4 is 9.64 Å². The number of ether oxygens (including phenoxy) is 2. The van der Waals surface area contributed by atoms with Gasteiger partial charge in [-0.15, -0.1) is 0 Å². The molecule has 136 valence electrons. The molecule has 0 saturated carbocycles. The monoisotopic (exact) mass is 361 g/mol. The van der Waals surface area contributed by atoms with Crippen LogP contribution in [0, 0.1) is 17.6 Å². The van der Waals surface area contributed by atoms with Crippen molar-refractivity contribution < 1.29 is 27.8 Å². The summed E-state index contributed by atoms with van der Waals surface area (Å²) in [6.45, 7) is 0.0110. The van der Waals surface area contributed by atoms with Crippen LogP contribution in [0.3, 0.4) is 0 Å². The Morgan fingerprint density at radius 2 is 1.81 bits per heavy atom. The molecule has 2 aromatic carbocycles. The summed E-state index contributed by atoms with van der Waals surface area (Å²) < 4.78 is 37.3. The van der Waals surface area contributed by atoms with Gasteiger partial charge in [0.2, 0.25) is 5.91 Å². The maximum atomic E-state index is 13.6. The van der Waals surface area contributed by atoms with Crippen LogP contribution in [0.4, 0.5) is 14.5 Å². The van der Waals surface area contributed by atoms with Crippen molar-refractivity contribution in [3.8, 4) is 5.75 Å². The zero-order valence-corrected chi connectivity index (χ0v) is 14.1. The SMILES string of the molecule is COC(=O)[C@@H]1CC(=O)N(c2ccc(OCc3c(F)cccc3F)cc2)C1. The summed E-state index contributed by atoms with van der Waals surface area (Å²) in [7, 11) is 1.29. The molecule has 1 saturated heterocycles. The van der Waals surface area contributed by atoms with Gasteiger partial charge < -0.3 is 14.4 Å². The second kappa shape index (κ2) is 7.51. The van der Waals surface area contributed by atoms with E-state index in [9.17, 15) is 18.4 Å². The number of carbonyl (C=O) groups is 2. The lowest BCUT2D eigenvalue weighted by molar-refractivity contribution is -0.145. The van der Waals surface area contributed by atoms with E-state index in [1.165, 1.54) is 30.2 Å². The fourth-order valence-electron chi connectivity index (χ4n) is 2.83. The molecule has 7 heteroatoms. The Kier molecular flexibility index (Phi) is 5.16. The molecule has 0 spiro atoms. The number of hydrogen-bond donors (Lipinski definition) is 0. The lowest BCUT2D eigenvalue weighted by Gasteiger charge is -2.17. The van der Waals surface area contributed by atoms with E-state index in [2.05, 4.69) is 4.74 Å². The second-order valence-electron chi connectivity index (χ2n) is 5.91. The van der Waals surface area contributed by atoms with E-state index in [1.807, 2.05) is 0 Å². The van der Waals surface area contributed by atoms with Gasteiger partial charge in [-0.1, -0.05) is 6.07 Å². The van der Waals surface area contributed by atoms with Crippen LogP contribution in [0.2, 0.25) is 0 Å². The molecule has 0 radical (unpaired) electrons. The van der Waals surface area contributed by atoms with Crippen molar-refractivity contribution in [1.29, 1.82) is 0 Å². The zero-order valence-electron chi connectivity index (χ0n) is 14.1. The Hall–Kier alpha value is -2.96. The Bertz CT molecular complexity index is 803. The third-order valence-electron chi connectivity index (χ3n) is 4.25. The number of hydrogen-bond acceptors (Lipinski definition) is 4. The summed E-state index contributed by atoms with van der Waals surface area (Å²) >= 11 is 0. The minimum absolute atomic E-state index is 0.109. The number of carbonyl (C=O) groups excluding carboxylic acids is 2. The highest BCUT2D eigenvalue weighted by Crippen LogP contribution is 2.27. The van der Waals surface area contributed by atoms with Gasteiger partial charge in [0.1, 0.15) is 24.0 Å². The van der Waals surface area contributed by atoms with Crippen molar-refractivity contribution in [2.75, 3.05) is 18.6 Å². The molecule has 5 nitrogen and oxygen atoms in total. The molecule has 1 atom stereocenters. The molecule has 1 heterocycles. The number of rotatable bonds is 5. The van der Waals surface area contributed by atoms with E-state index >= 15 is 0 Å². The van der Waals surface area contributed by atoms with Crippen molar-refractivity contribution in [1.82, 2.24) is 0 Å².